The van der Waals surface area contributed by atoms with Crippen molar-refractivity contribution < 1.29 is 14.1 Å². The minimum atomic E-state index is -0.265. The van der Waals surface area contributed by atoms with Crippen molar-refractivity contribution in [3.63, 3.8) is 0 Å². The van der Waals surface area contributed by atoms with Gasteiger partial charge in [0, 0.05) is 13.0 Å². The van der Waals surface area contributed by atoms with E-state index in [2.05, 4.69) is 10.1 Å². The van der Waals surface area contributed by atoms with Crippen molar-refractivity contribution in [2.75, 3.05) is 6.61 Å². The predicted octanol–water partition coefficient (Wildman–Crippen LogP) is 2.26. The molecule has 1 aliphatic heterocycles. The van der Waals surface area contributed by atoms with Crippen LogP contribution < -0.4 is 0 Å². The lowest BCUT2D eigenvalue weighted by atomic mass is 10.0. The summed E-state index contributed by atoms with van der Waals surface area (Å²) in [5, 5.41) is 3.94. The van der Waals surface area contributed by atoms with E-state index < -0.39 is 0 Å². The van der Waals surface area contributed by atoms with Crippen LogP contribution in [0.3, 0.4) is 0 Å². The maximum atomic E-state index is 11.4. The quantitative estimate of drug-likeness (QED) is 0.804. The van der Waals surface area contributed by atoms with Crippen LogP contribution in [0.2, 0.25) is 0 Å². The highest BCUT2D eigenvalue weighted by atomic mass is 16.5. The molecule has 2 heterocycles. The average Bonchev–Trinajstić information content (AvgIpc) is 2.79. The maximum Gasteiger partial charge on any atom is 0.237 e. The Kier molecular flexibility index (Phi) is 4.47. The first-order chi connectivity index (χ1) is 8.70. The molecule has 0 N–H and O–H groups in total. The number of nitrogens with zero attached hydrogens (tertiary/aromatic N) is 2. The summed E-state index contributed by atoms with van der Waals surface area (Å²) >= 11 is 0. The molecule has 0 radical (unpaired) electrons. The molecule has 0 amide bonds. The Labute approximate surface area is 107 Å². The normalized spacial score (nSPS) is 21.8. The molecule has 1 saturated heterocycles. The Balaban J connectivity index is 1.98. The molecule has 1 aromatic rings. The van der Waals surface area contributed by atoms with Crippen LogP contribution in [0, 0.1) is 0 Å². The molecular weight excluding hydrogens is 232 g/mol. The second-order valence-corrected chi connectivity index (χ2v) is 4.81. The van der Waals surface area contributed by atoms with Crippen molar-refractivity contribution in [1.82, 2.24) is 10.1 Å². The van der Waals surface area contributed by atoms with Crippen LogP contribution in [0.15, 0.2) is 4.52 Å². The lowest BCUT2D eigenvalue weighted by molar-refractivity contribution is -0.119. The van der Waals surface area contributed by atoms with Gasteiger partial charge >= 0.3 is 0 Å². The third-order valence-electron chi connectivity index (χ3n) is 3.37. The van der Waals surface area contributed by atoms with E-state index >= 15 is 0 Å². The van der Waals surface area contributed by atoms with Gasteiger partial charge in [0.25, 0.3) is 0 Å². The Bertz CT molecular complexity index is 397. The number of ether oxygens (including phenoxy) is 1. The molecule has 1 aliphatic rings. The zero-order valence-corrected chi connectivity index (χ0v) is 11.0. The number of aromatic nitrogens is 2. The number of hydrogen-bond donors (Lipinski definition) is 0. The first-order valence-electron chi connectivity index (χ1n) is 6.65. The van der Waals surface area contributed by atoms with Crippen molar-refractivity contribution in [2.45, 2.75) is 58.0 Å². The van der Waals surface area contributed by atoms with Crippen molar-refractivity contribution in [3.05, 3.63) is 11.7 Å². The van der Waals surface area contributed by atoms with E-state index in [1.165, 1.54) is 6.42 Å². The Hall–Kier alpha value is -1.23. The van der Waals surface area contributed by atoms with E-state index in [0.717, 1.165) is 19.4 Å². The number of carbonyl (C=O) groups is 1. The monoisotopic (exact) mass is 252 g/mol. The van der Waals surface area contributed by atoms with Gasteiger partial charge in [-0.25, -0.2) is 0 Å². The highest BCUT2D eigenvalue weighted by Crippen LogP contribution is 2.20. The summed E-state index contributed by atoms with van der Waals surface area (Å²) < 4.78 is 10.8. The molecule has 5 heteroatoms. The van der Waals surface area contributed by atoms with Gasteiger partial charge in [-0.05, 0) is 32.6 Å². The number of ketones is 1. The molecule has 18 heavy (non-hydrogen) atoms. The molecule has 0 spiro atoms. The number of hydrogen-bond acceptors (Lipinski definition) is 5. The van der Waals surface area contributed by atoms with Crippen LogP contribution >= 0.6 is 0 Å². The predicted molar refractivity (Wildman–Crippen MR) is 65.3 cm³/mol. The van der Waals surface area contributed by atoms with Crippen molar-refractivity contribution in [2.24, 2.45) is 0 Å². The Morgan fingerprint density at radius 3 is 2.94 bits per heavy atom. The lowest BCUT2D eigenvalue weighted by Gasteiger charge is -2.20. The zero-order valence-electron chi connectivity index (χ0n) is 11.0. The molecular formula is C13H20N2O3. The fourth-order valence-corrected chi connectivity index (χ4v) is 2.30. The van der Waals surface area contributed by atoms with Gasteiger partial charge in [-0.1, -0.05) is 12.1 Å². The van der Waals surface area contributed by atoms with E-state index in [-0.39, 0.29) is 17.8 Å². The molecule has 0 saturated carbocycles. The van der Waals surface area contributed by atoms with Gasteiger partial charge in [-0.2, -0.15) is 4.98 Å². The molecule has 2 unspecified atom stereocenters. The number of carbonyl (C=O) groups excluding carboxylic acids is 1. The molecule has 1 fully saturated rings. The van der Waals surface area contributed by atoms with Crippen LogP contribution in [0.1, 0.15) is 57.2 Å². The SMILES string of the molecule is CCC(C(C)=O)c1nc(CC2CCCCO2)no1. The first-order valence-corrected chi connectivity index (χ1v) is 6.65. The summed E-state index contributed by atoms with van der Waals surface area (Å²) in [4.78, 5) is 15.7. The number of Topliss-reactive ketones (excluding diaryl/α,β-unsaturated/α-hetero) is 1. The number of rotatable bonds is 5. The zero-order chi connectivity index (χ0) is 13.0. The maximum absolute atomic E-state index is 11.4. The summed E-state index contributed by atoms with van der Waals surface area (Å²) in [6.45, 7) is 4.32. The lowest BCUT2D eigenvalue weighted by Crippen LogP contribution is -2.21. The Morgan fingerprint density at radius 1 is 1.50 bits per heavy atom. The molecule has 0 aromatic carbocycles. The second-order valence-electron chi connectivity index (χ2n) is 4.81. The van der Waals surface area contributed by atoms with Gasteiger partial charge in [-0.3, -0.25) is 4.79 Å². The highest BCUT2D eigenvalue weighted by molar-refractivity contribution is 5.82. The van der Waals surface area contributed by atoms with Crippen LogP contribution in [-0.4, -0.2) is 28.6 Å². The molecule has 0 aliphatic carbocycles. The largest absolute Gasteiger partial charge is 0.378 e. The third-order valence-corrected chi connectivity index (χ3v) is 3.37. The third kappa shape index (κ3) is 3.16. The molecule has 2 atom stereocenters. The van der Waals surface area contributed by atoms with Gasteiger partial charge in [0.2, 0.25) is 5.89 Å². The summed E-state index contributed by atoms with van der Waals surface area (Å²) in [6, 6.07) is 0. The minimum Gasteiger partial charge on any atom is -0.378 e. The van der Waals surface area contributed by atoms with E-state index in [1.54, 1.807) is 6.92 Å². The van der Waals surface area contributed by atoms with Gasteiger partial charge in [0.15, 0.2) is 5.82 Å². The fraction of sp³-hybridized carbons (Fsp3) is 0.769. The van der Waals surface area contributed by atoms with Gasteiger partial charge in [-0.15, -0.1) is 0 Å². The Morgan fingerprint density at radius 2 is 2.33 bits per heavy atom. The molecule has 5 nitrogen and oxygen atoms in total. The molecule has 0 bridgehead atoms. The standard InChI is InChI=1S/C13H20N2O3/c1-3-11(9(2)16)13-14-12(15-18-13)8-10-6-4-5-7-17-10/h10-11H,3-8H2,1-2H3. The summed E-state index contributed by atoms with van der Waals surface area (Å²) in [5.41, 5.74) is 0. The van der Waals surface area contributed by atoms with E-state index in [4.69, 9.17) is 9.26 Å². The van der Waals surface area contributed by atoms with Crippen molar-refractivity contribution >= 4 is 5.78 Å². The molecule has 100 valence electrons. The highest BCUT2D eigenvalue weighted by Gasteiger charge is 2.23. The average molecular weight is 252 g/mol. The van der Waals surface area contributed by atoms with Crippen LogP contribution in [0.5, 0.6) is 0 Å². The van der Waals surface area contributed by atoms with Crippen LogP contribution in [0.25, 0.3) is 0 Å². The van der Waals surface area contributed by atoms with Gasteiger partial charge < -0.3 is 9.26 Å². The van der Waals surface area contributed by atoms with Crippen LogP contribution in [-0.2, 0) is 16.0 Å². The fourth-order valence-electron chi connectivity index (χ4n) is 2.30. The van der Waals surface area contributed by atoms with E-state index in [0.29, 0.717) is 24.6 Å². The first kappa shape index (κ1) is 13.2. The minimum absolute atomic E-state index is 0.0709. The molecule has 1 aromatic heterocycles. The van der Waals surface area contributed by atoms with E-state index in [1.807, 2.05) is 6.92 Å². The van der Waals surface area contributed by atoms with Crippen molar-refractivity contribution in [1.29, 1.82) is 0 Å². The van der Waals surface area contributed by atoms with Gasteiger partial charge in [0.1, 0.15) is 5.78 Å². The topological polar surface area (TPSA) is 65.2 Å². The smallest absolute Gasteiger partial charge is 0.237 e. The summed E-state index contributed by atoms with van der Waals surface area (Å²) in [7, 11) is 0. The molecule has 2 rings (SSSR count). The van der Waals surface area contributed by atoms with Gasteiger partial charge in [0.05, 0.1) is 12.0 Å². The van der Waals surface area contributed by atoms with E-state index in [9.17, 15) is 4.79 Å². The summed E-state index contributed by atoms with van der Waals surface area (Å²) in [5.74, 6) is 0.896. The summed E-state index contributed by atoms with van der Waals surface area (Å²) in [6.07, 6.45) is 4.95. The second kappa shape index (κ2) is 6.09. The van der Waals surface area contributed by atoms with Crippen molar-refractivity contribution in [3.8, 4) is 0 Å². The van der Waals surface area contributed by atoms with Crippen LogP contribution in [0.4, 0.5) is 0 Å².